The second-order valence-corrected chi connectivity index (χ2v) is 4.98. The Morgan fingerprint density at radius 3 is 2.88 bits per heavy atom. The molecule has 84 valence electrons. The summed E-state index contributed by atoms with van der Waals surface area (Å²) in [7, 11) is 2.23. The van der Waals surface area contributed by atoms with E-state index in [9.17, 15) is 0 Å². The molecule has 1 aromatic heterocycles. The van der Waals surface area contributed by atoms with Crippen LogP contribution in [-0.4, -0.2) is 23.5 Å². The molecule has 0 bridgehead atoms. The number of H-pyrrole nitrogens is 1. The smallest absolute Gasteiger partial charge is 0.0457 e. The third-order valence-electron chi connectivity index (χ3n) is 3.89. The molecule has 2 aromatic rings. The molecule has 0 aliphatic carbocycles. The minimum Gasteiger partial charge on any atom is -0.361 e. The van der Waals surface area contributed by atoms with Gasteiger partial charge in [-0.25, -0.2) is 0 Å². The zero-order valence-corrected chi connectivity index (χ0v) is 9.90. The number of likely N-dealkylation sites (tertiary alicyclic amines) is 1. The van der Waals surface area contributed by atoms with Crippen molar-refractivity contribution in [2.24, 2.45) is 5.92 Å². The van der Waals surface area contributed by atoms with Gasteiger partial charge in [0.15, 0.2) is 0 Å². The fourth-order valence-electron chi connectivity index (χ4n) is 3.02. The summed E-state index contributed by atoms with van der Waals surface area (Å²) in [6, 6.07) is 9.17. The lowest BCUT2D eigenvalue weighted by molar-refractivity contribution is 0.287. The summed E-state index contributed by atoms with van der Waals surface area (Å²) in [5, 5.41) is 1.38. The van der Waals surface area contributed by atoms with Gasteiger partial charge in [-0.2, -0.15) is 0 Å². The number of rotatable bonds is 1. The van der Waals surface area contributed by atoms with Crippen LogP contribution in [0.5, 0.6) is 0 Å². The molecule has 0 saturated carbocycles. The van der Waals surface area contributed by atoms with Crippen LogP contribution in [0.4, 0.5) is 0 Å². The maximum absolute atomic E-state index is 3.38. The van der Waals surface area contributed by atoms with Crippen LogP contribution in [0, 0.1) is 5.92 Å². The van der Waals surface area contributed by atoms with Crippen LogP contribution >= 0.6 is 0 Å². The van der Waals surface area contributed by atoms with Crippen molar-refractivity contribution in [3.05, 3.63) is 36.0 Å². The monoisotopic (exact) mass is 214 g/mol. The van der Waals surface area contributed by atoms with Gasteiger partial charge in [0.1, 0.15) is 0 Å². The van der Waals surface area contributed by atoms with Crippen molar-refractivity contribution >= 4 is 10.9 Å². The van der Waals surface area contributed by atoms with Gasteiger partial charge in [-0.15, -0.1) is 0 Å². The zero-order chi connectivity index (χ0) is 11.1. The molecule has 1 fully saturated rings. The van der Waals surface area contributed by atoms with E-state index in [2.05, 4.69) is 54.3 Å². The SMILES string of the molecule is C[C@H]1CCN(C)[C@H]1c1c[nH]c2ccccc12. The number of aromatic nitrogens is 1. The van der Waals surface area contributed by atoms with Crippen LogP contribution in [-0.2, 0) is 0 Å². The molecule has 2 nitrogen and oxygen atoms in total. The van der Waals surface area contributed by atoms with E-state index < -0.39 is 0 Å². The highest BCUT2D eigenvalue weighted by atomic mass is 15.2. The van der Waals surface area contributed by atoms with Crippen molar-refractivity contribution in [3.8, 4) is 0 Å². The maximum atomic E-state index is 3.38. The summed E-state index contributed by atoms with van der Waals surface area (Å²) < 4.78 is 0. The second kappa shape index (κ2) is 3.63. The van der Waals surface area contributed by atoms with Gasteiger partial charge < -0.3 is 4.98 Å². The van der Waals surface area contributed by atoms with E-state index in [1.54, 1.807) is 0 Å². The van der Waals surface area contributed by atoms with Gasteiger partial charge in [0.05, 0.1) is 0 Å². The number of fused-ring (bicyclic) bond motifs is 1. The van der Waals surface area contributed by atoms with E-state index >= 15 is 0 Å². The first kappa shape index (κ1) is 9.91. The Morgan fingerprint density at radius 1 is 1.31 bits per heavy atom. The molecule has 16 heavy (non-hydrogen) atoms. The van der Waals surface area contributed by atoms with Crippen molar-refractivity contribution in [2.75, 3.05) is 13.6 Å². The molecule has 0 unspecified atom stereocenters. The minimum absolute atomic E-state index is 0.580. The average molecular weight is 214 g/mol. The fourth-order valence-corrected chi connectivity index (χ4v) is 3.02. The first-order valence-electron chi connectivity index (χ1n) is 6.03. The van der Waals surface area contributed by atoms with Gasteiger partial charge in [0.2, 0.25) is 0 Å². The van der Waals surface area contributed by atoms with E-state index in [-0.39, 0.29) is 0 Å². The van der Waals surface area contributed by atoms with Crippen LogP contribution in [0.2, 0.25) is 0 Å². The van der Waals surface area contributed by atoms with Crippen molar-refractivity contribution in [1.29, 1.82) is 0 Å². The molecule has 1 aromatic carbocycles. The maximum Gasteiger partial charge on any atom is 0.0457 e. The summed E-state index contributed by atoms with van der Waals surface area (Å²) in [5.74, 6) is 0.754. The van der Waals surface area contributed by atoms with Crippen molar-refractivity contribution in [2.45, 2.75) is 19.4 Å². The van der Waals surface area contributed by atoms with Crippen LogP contribution < -0.4 is 0 Å². The summed E-state index contributed by atoms with van der Waals surface area (Å²) in [6.07, 6.45) is 3.49. The van der Waals surface area contributed by atoms with Crippen molar-refractivity contribution in [1.82, 2.24) is 9.88 Å². The molecule has 0 radical (unpaired) electrons. The van der Waals surface area contributed by atoms with Gasteiger partial charge in [-0.1, -0.05) is 25.1 Å². The first-order valence-corrected chi connectivity index (χ1v) is 6.03. The summed E-state index contributed by atoms with van der Waals surface area (Å²) >= 11 is 0. The molecule has 2 heteroatoms. The van der Waals surface area contributed by atoms with E-state index in [4.69, 9.17) is 0 Å². The molecule has 1 N–H and O–H groups in total. The molecule has 1 aliphatic rings. The highest BCUT2D eigenvalue weighted by molar-refractivity contribution is 5.83. The normalized spacial score (nSPS) is 26.6. The summed E-state index contributed by atoms with van der Waals surface area (Å²) in [6.45, 7) is 3.57. The average Bonchev–Trinajstić information content (AvgIpc) is 2.83. The highest BCUT2D eigenvalue weighted by Gasteiger charge is 2.31. The molecule has 1 saturated heterocycles. The predicted octanol–water partition coefficient (Wildman–Crippen LogP) is 3.18. The quantitative estimate of drug-likeness (QED) is 0.772. The topological polar surface area (TPSA) is 19.0 Å². The van der Waals surface area contributed by atoms with Crippen LogP contribution in [0.25, 0.3) is 10.9 Å². The van der Waals surface area contributed by atoms with E-state index in [0.29, 0.717) is 6.04 Å². The molecule has 0 spiro atoms. The molecular formula is C14H18N2. The highest BCUT2D eigenvalue weighted by Crippen LogP contribution is 2.38. The van der Waals surface area contributed by atoms with E-state index in [1.807, 2.05) is 0 Å². The number of para-hydroxylation sites is 1. The summed E-state index contributed by atoms with van der Waals surface area (Å²) in [5.41, 5.74) is 2.72. The van der Waals surface area contributed by atoms with Crippen molar-refractivity contribution < 1.29 is 0 Å². The minimum atomic E-state index is 0.580. The van der Waals surface area contributed by atoms with Crippen LogP contribution in [0.15, 0.2) is 30.5 Å². The van der Waals surface area contributed by atoms with E-state index in [0.717, 1.165) is 5.92 Å². The fraction of sp³-hybridized carbons (Fsp3) is 0.429. The molecule has 1 aliphatic heterocycles. The molecule has 0 amide bonds. The third kappa shape index (κ3) is 1.37. The number of hydrogen-bond acceptors (Lipinski definition) is 1. The predicted molar refractivity (Wildman–Crippen MR) is 67.5 cm³/mol. The molecule has 2 heterocycles. The number of hydrogen-bond donors (Lipinski definition) is 1. The van der Waals surface area contributed by atoms with Crippen LogP contribution in [0.3, 0.4) is 0 Å². The zero-order valence-electron chi connectivity index (χ0n) is 9.90. The molecule has 3 rings (SSSR count). The van der Waals surface area contributed by atoms with E-state index in [1.165, 1.54) is 29.4 Å². The Morgan fingerprint density at radius 2 is 2.12 bits per heavy atom. The number of nitrogens with one attached hydrogen (secondary N) is 1. The van der Waals surface area contributed by atoms with Gasteiger partial charge in [0, 0.05) is 23.1 Å². The Kier molecular flexibility index (Phi) is 2.25. The first-order chi connectivity index (χ1) is 7.77. The lowest BCUT2D eigenvalue weighted by Gasteiger charge is -2.22. The van der Waals surface area contributed by atoms with Crippen molar-refractivity contribution in [3.63, 3.8) is 0 Å². The molecular weight excluding hydrogens is 196 g/mol. The van der Waals surface area contributed by atoms with Gasteiger partial charge in [0.25, 0.3) is 0 Å². The van der Waals surface area contributed by atoms with Gasteiger partial charge in [-0.3, -0.25) is 4.90 Å². The standard InChI is InChI=1S/C14H18N2/c1-10-7-8-16(2)14(10)12-9-15-13-6-4-3-5-11(12)13/h3-6,9-10,14-15H,7-8H2,1-2H3/t10-,14+/m0/s1. The number of benzene rings is 1. The second-order valence-electron chi connectivity index (χ2n) is 4.98. The van der Waals surface area contributed by atoms with Gasteiger partial charge >= 0.3 is 0 Å². The summed E-state index contributed by atoms with van der Waals surface area (Å²) in [4.78, 5) is 5.85. The van der Waals surface area contributed by atoms with Crippen LogP contribution in [0.1, 0.15) is 24.9 Å². The lowest BCUT2D eigenvalue weighted by Crippen LogP contribution is -2.19. The largest absolute Gasteiger partial charge is 0.361 e. The lowest BCUT2D eigenvalue weighted by atomic mass is 9.95. The number of aromatic amines is 1. The Labute approximate surface area is 96.3 Å². The Hall–Kier alpha value is -1.28. The Balaban J connectivity index is 2.11. The third-order valence-corrected chi connectivity index (χ3v) is 3.89. The molecule has 2 atom stereocenters. The Bertz CT molecular complexity index is 490. The number of nitrogens with zero attached hydrogens (tertiary/aromatic N) is 1. The van der Waals surface area contributed by atoms with Gasteiger partial charge in [-0.05, 0) is 37.6 Å².